The highest BCUT2D eigenvalue weighted by molar-refractivity contribution is 5.89. The minimum Gasteiger partial charge on any atom is -0.465 e. The van der Waals surface area contributed by atoms with E-state index in [1.54, 1.807) is 0 Å². The number of nitrogens with one attached hydrogen (secondary N) is 1. The highest BCUT2D eigenvalue weighted by Gasteiger charge is 2.72. The molecule has 1 spiro atoms. The molecule has 1 aromatic rings. The molecule has 1 atom stereocenters. The van der Waals surface area contributed by atoms with E-state index in [0.717, 1.165) is 37.9 Å². The second kappa shape index (κ2) is 4.64. The van der Waals surface area contributed by atoms with Gasteiger partial charge < -0.3 is 10.1 Å². The van der Waals surface area contributed by atoms with Gasteiger partial charge in [-0.2, -0.15) is 0 Å². The number of rotatable bonds is 3. The summed E-state index contributed by atoms with van der Waals surface area (Å²) in [5.41, 5.74) is 0.883. The third-order valence-corrected chi connectivity index (χ3v) is 4.84. The van der Waals surface area contributed by atoms with Crippen LogP contribution in [0, 0.1) is 5.41 Å². The number of carbonyl (C=O) groups excluding carboxylic acids is 1. The molecular weight excluding hydrogens is 238 g/mol. The third kappa shape index (κ3) is 1.79. The molecule has 1 heterocycles. The lowest BCUT2D eigenvalue weighted by atomic mass is 9.80. The molecule has 19 heavy (non-hydrogen) atoms. The fourth-order valence-corrected chi connectivity index (χ4v) is 3.76. The molecule has 2 fully saturated rings. The molecule has 0 radical (unpaired) electrons. The molecule has 0 bridgehead atoms. The van der Waals surface area contributed by atoms with Crippen LogP contribution in [0.15, 0.2) is 30.3 Å². The topological polar surface area (TPSA) is 38.3 Å². The molecule has 3 rings (SSSR count). The van der Waals surface area contributed by atoms with E-state index < -0.39 is 0 Å². The monoisotopic (exact) mass is 259 g/mol. The third-order valence-electron chi connectivity index (χ3n) is 4.84. The van der Waals surface area contributed by atoms with Crippen LogP contribution in [-0.2, 0) is 14.9 Å². The van der Waals surface area contributed by atoms with Crippen LogP contribution < -0.4 is 5.32 Å². The molecule has 1 aliphatic heterocycles. The Labute approximate surface area is 114 Å². The van der Waals surface area contributed by atoms with Gasteiger partial charge in [0.2, 0.25) is 0 Å². The minimum atomic E-state index is -0.383. The lowest BCUT2D eigenvalue weighted by Gasteiger charge is -2.29. The first-order valence-corrected chi connectivity index (χ1v) is 7.19. The van der Waals surface area contributed by atoms with Crippen molar-refractivity contribution in [2.24, 2.45) is 5.41 Å². The maximum atomic E-state index is 12.6. The summed E-state index contributed by atoms with van der Waals surface area (Å²) in [6.07, 6.45) is 3.09. The molecule has 3 nitrogen and oxygen atoms in total. The van der Waals surface area contributed by atoms with Crippen LogP contribution in [0.2, 0.25) is 0 Å². The van der Waals surface area contributed by atoms with Gasteiger partial charge in [0, 0.05) is 0 Å². The van der Waals surface area contributed by atoms with Crippen molar-refractivity contribution in [3.63, 3.8) is 0 Å². The van der Waals surface area contributed by atoms with Crippen LogP contribution >= 0.6 is 0 Å². The Hall–Kier alpha value is -1.35. The quantitative estimate of drug-likeness (QED) is 0.846. The van der Waals surface area contributed by atoms with E-state index in [2.05, 4.69) is 17.4 Å². The van der Waals surface area contributed by atoms with E-state index in [4.69, 9.17) is 4.74 Å². The van der Waals surface area contributed by atoms with Crippen LogP contribution in [0.4, 0.5) is 0 Å². The molecule has 1 N–H and O–H groups in total. The van der Waals surface area contributed by atoms with E-state index in [1.165, 1.54) is 0 Å². The predicted molar refractivity (Wildman–Crippen MR) is 73.9 cm³/mol. The van der Waals surface area contributed by atoms with Gasteiger partial charge in [-0.25, -0.2) is 0 Å². The fraction of sp³-hybridized carbons (Fsp3) is 0.562. The first kappa shape index (κ1) is 12.7. The van der Waals surface area contributed by atoms with Crippen LogP contribution in [0.25, 0.3) is 0 Å². The highest BCUT2D eigenvalue weighted by atomic mass is 16.5. The summed E-state index contributed by atoms with van der Waals surface area (Å²) in [6.45, 7) is 4.36. The van der Waals surface area contributed by atoms with Crippen LogP contribution in [-0.4, -0.2) is 25.7 Å². The number of esters is 1. The number of piperidine rings is 1. The molecule has 1 unspecified atom stereocenters. The smallest absolute Gasteiger partial charge is 0.317 e. The lowest BCUT2D eigenvalue weighted by Crippen LogP contribution is -2.37. The van der Waals surface area contributed by atoms with Crippen molar-refractivity contribution < 1.29 is 9.53 Å². The van der Waals surface area contributed by atoms with Gasteiger partial charge in [0.25, 0.3) is 0 Å². The Kier molecular flexibility index (Phi) is 3.09. The maximum Gasteiger partial charge on any atom is 0.317 e. The Morgan fingerprint density at radius 2 is 1.95 bits per heavy atom. The number of hydrogen-bond donors (Lipinski definition) is 1. The maximum absolute atomic E-state index is 12.6. The Morgan fingerprint density at radius 3 is 2.58 bits per heavy atom. The van der Waals surface area contributed by atoms with Gasteiger partial charge in [0.15, 0.2) is 0 Å². The van der Waals surface area contributed by atoms with Gasteiger partial charge in [0.1, 0.15) is 0 Å². The Morgan fingerprint density at radius 1 is 1.26 bits per heavy atom. The number of hydrogen-bond acceptors (Lipinski definition) is 3. The Balaban J connectivity index is 1.97. The zero-order valence-corrected chi connectivity index (χ0v) is 11.4. The number of carbonyl (C=O) groups is 1. The summed E-state index contributed by atoms with van der Waals surface area (Å²) in [5.74, 6) is -0.0249. The minimum absolute atomic E-state index is 0.0249. The standard InChI is InChI=1S/C16H21NO2/c1-2-19-14(18)16(13-6-4-3-5-7-13)12-15(16)8-10-17-11-9-15/h3-7,17H,2,8-12H2,1H3. The van der Waals surface area contributed by atoms with Gasteiger partial charge in [-0.15, -0.1) is 0 Å². The van der Waals surface area contributed by atoms with E-state index in [9.17, 15) is 4.79 Å². The van der Waals surface area contributed by atoms with Gasteiger partial charge in [-0.05, 0) is 50.3 Å². The zero-order valence-electron chi connectivity index (χ0n) is 11.4. The van der Waals surface area contributed by atoms with Crippen molar-refractivity contribution >= 4 is 5.97 Å². The van der Waals surface area contributed by atoms with Crippen molar-refractivity contribution in [3.8, 4) is 0 Å². The number of ether oxygens (including phenoxy) is 1. The van der Waals surface area contributed by atoms with Gasteiger partial charge in [-0.1, -0.05) is 30.3 Å². The van der Waals surface area contributed by atoms with Crippen LogP contribution in [0.3, 0.4) is 0 Å². The molecule has 2 aliphatic rings. The summed E-state index contributed by atoms with van der Waals surface area (Å²) < 4.78 is 5.39. The number of benzene rings is 1. The fourth-order valence-electron chi connectivity index (χ4n) is 3.76. The predicted octanol–water partition coefficient (Wildman–Crippen LogP) is 2.26. The molecule has 1 aromatic carbocycles. The first-order valence-electron chi connectivity index (χ1n) is 7.19. The molecular formula is C16H21NO2. The van der Waals surface area contributed by atoms with E-state index >= 15 is 0 Å². The zero-order chi connectivity index (χ0) is 13.3. The van der Waals surface area contributed by atoms with Gasteiger partial charge >= 0.3 is 5.97 Å². The Bertz CT molecular complexity index is 465. The normalized spacial score (nSPS) is 28.1. The van der Waals surface area contributed by atoms with Crippen molar-refractivity contribution in [1.29, 1.82) is 0 Å². The summed E-state index contributed by atoms with van der Waals surface area (Å²) >= 11 is 0. The highest BCUT2D eigenvalue weighted by Crippen LogP contribution is 2.69. The first-order chi connectivity index (χ1) is 9.25. The molecule has 1 saturated carbocycles. The molecule has 3 heteroatoms. The summed E-state index contributed by atoms with van der Waals surface area (Å²) in [6, 6.07) is 10.2. The van der Waals surface area contributed by atoms with Gasteiger partial charge in [0.05, 0.1) is 12.0 Å². The van der Waals surface area contributed by atoms with Crippen molar-refractivity contribution in [1.82, 2.24) is 5.32 Å². The van der Waals surface area contributed by atoms with E-state index in [1.807, 2.05) is 25.1 Å². The van der Waals surface area contributed by atoms with Crippen molar-refractivity contribution in [2.45, 2.75) is 31.6 Å². The molecule has 0 aromatic heterocycles. The van der Waals surface area contributed by atoms with Crippen LogP contribution in [0.5, 0.6) is 0 Å². The second-order valence-electron chi connectivity index (χ2n) is 5.70. The summed E-state index contributed by atoms with van der Waals surface area (Å²) in [5, 5.41) is 3.39. The molecule has 0 amide bonds. The molecule has 1 saturated heterocycles. The van der Waals surface area contributed by atoms with Gasteiger partial charge in [-0.3, -0.25) is 4.79 Å². The molecule has 102 valence electrons. The van der Waals surface area contributed by atoms with Crippen molar-refractivity contribution in [2.75, 3.05) is 19.7 Å². The lowest BCUT2D eigenvalue weighted by molar-refractivity contribution is -0.147. The summed E-state index contributed by atoms with van der Waals surface area (Å²) in [7, 11) is 0. The van der Waals surface area contributed by atoms with E-state index in [-0.39, 0.29) is 16.8 Å². The molecule has 1 aliphatic carbocycles. The van der Waals surface area contributed by atoms with Crippen LogP contribution in [0.1, 0.15) is 31.7 Å². The largest absolute Gasteiger partial charge is 0.465 e. The SMILES string of the molecule is CCOC(=O)C1(c2ccccc2)CC12CCNCC2. The summed E-state index contributed by atoms with van der Waals surface area (Å²) in [4.78, 5) is 12.6. The van der Waals surface area contributed by atoms with E-state index in [0.29, 0.717) is 6.61 Å². The average Bonchev–Trinajstić information content (AvgIpc) is 3.10. The van der Waals surface area contributed by atoms with Crippen molar-refractivity contribution in [3.05, 3.63) is 35.9 Å². The average molecular weight is 259 g/mol. The second-order valence-corrected chi connectivity index (χ2v) is 5.70.